The number of carbonyl (C=O) groups is 2. The Kier molecular flexibility index (Phi) is 9.82. The molecule has 3 fully saturated rings. The number of likely N-dealkylation sites (tertiary alicyclic amines) is 2. The van der Waals surface area contributed by atoms with Crippen LogP contribution in [0.4, 0.5) is 4.79 Å². The normalized spacial score (nSPS) is 22.5. The Morgan fingerprint density at radius 3 is 2.52 bits per heavy atom. The largest absolute Gasteiger partial charge is 0.610 e. The molecule has 3 saturated heterocycles. The number of urea groups is 1. The highest BCUT2D eigenvalue weighted by Crippen LogP contribution is 2.30. The third kappa shape index (κ3) is 7.01. The minimum absolute atomic E-state index is 0.0291. The Morgan fingerprint density at radius 1 is 1.02 bits per heavy atom. The first-order valence-corrected chi connectivity index (χ1v) is 18.9. The molecule has 3 N–H and O–H groups in total. The molecule has 0 aliphatic carbocycles. The van der Waals surface area contributed by atoms with E-state index in [-0.39, 0.29) is 23.4 Å². The molecular weight excluding hydrogens is 629 g/mol. The van der Waals surface area contributed by atoms with Crippen molar-refractivity contribution >= 4 is 34.0 Å². The van der Waals surface area contributed by atoms with Gasteiger partial charge in [-0.2, -0.15) is 5.10 Å². The van der Waals surface area contributed by atoms with Crippen molar-refractivity contribution in [2.24, 2.45) is 0 Å². The minimum atomic E-state index is -1.14. The summed E-state index contributed by atoms with van der Waals surface area (Å²) in [6.45, 7) is 8.27. The first kappa shape index (κ1) is 33.1. The molecule has 2 atom stereocenters. The second-order valence-electron chi connectivity index (χ2n) is 14.2. The Bertz CT molecular complexity index is 1690. The van der Waals surface area contributed by atoms with Crippen LogP contribution in [0, 0.1) is 6.92 Å². The summed E-state index contributed by atoms with van der Waals surface area (Å²) in [6, 6.07) is 5.70. The Hall–Kier alpha value is -3.39. The summed E-state index contributed by atoms with van der Waals surface area (Å²) in [7, 11) is 2.18. The molecule has 4 aliphatic rings. The lowest BCUT2D eigenvalue weighted by molar-refractivity contribution is -0.135. The summed E-state index contributed by atoms with van der Waals surface area (Å²) < 4.78 is 12.4. The van der Waals surface area contributed by atoms with E-state index in [0.717, 1.165) is 85.0 Å². The monoisotopic (exact) mass is 676 g/mol. The number of aryl methyl sites for hydroxylation is 2. The Morgan fingerprint density at radius 2 is 1.77 bits per heavy atom. The lowest BCUT2D eigenvalue weighted by Gasteiger charge is -2.43. The molecule has 6 heterocycles. The predicted molar refractivity (Wildman–Crippen MR) is 186 cm³/mol. The number of amides is 3. The SMILES string of the molecule is Cc1cc(C[C@@H](NC(=O)N2CCC(c3cc4c([nH]c3=O)[S+]([O-])CCC4)CC2)C(=O)N2CCN(C3CCN(C)CC3)CC2)cc2cn[nH]c12. The Balaban J connectivity index is 1.02. The number of rotatable bonds is 6. The van der Waals surface area contributed by atoms with Gasteiger partial charge in [-0.3, -0.25) is 24.6 Å². The number of benzene rings is 1. The number of hydrogen-bond donors (Lipinski definition) is 3. The molecular formula is C35H48N8O4S. The van der Waals surface area contributed by atoms with Gasteiger partial charge in [0.1, 0.15) is 11.8 Å². The molecule has 7 rings (SSSR count). The summed E-state index contributed by atoms with van der Waals surface area (Å²) >= 11 is -1.14. The fourth-order valence-corrected chi connectivity index (χ4v) is 9.42. The summed E-state index contributed by atoms with van der Waals surface area (Å²) in [5.74, 6) is 0.580. The van der Waals surface area contributed by atoms with Crippen molar-refractivity contribution in [1.29, 1.82) is 0 Å². The standard InChI is InChI=1S/C35H48N8O4S/c1-23-18-24(19-27-22-36-39-31(23)27)20-30(34(45)42-15-13-41(14-16-42)28-7-9-40(2)10-8-28)37-35(46)43-11-5-25(6-12-43)29-21-26-4-3-17-48(47)33(26)38-32(29)44/h18-19,21-22,25,28,30H,3-17,20H2,1-2H3,(H,36,39)(H,37,46)(H,38,44)/t30-,48?/m1/s1. The predicted octanol–water partition coefficient (Wildman–Crippen LogP) is 2.35. The van der Waals surface area contributed by atoms with Gasteiger partial charge in [-0.15, -0.1) is 0 Å². The van der Waals surface area contributed by atoms with Crippen LogP contribution in [0.1, 0.15) is 60.3 Å². The third-order valence-corrected chi connectivity index (χ3v) is 12.5. The van der Waals surface area contributed by atoms with E-state index in [2.05, 4.69) is 43.4 Å². The van der Waals surface area contributed by atoms with Gasteiger partial charge in [0.05, 0.1) is 11.7 Å². The van der Waals surface area contributed by atoms with Crippen LogP contribution in [0.5, 0.6) is 0 Å². The number of H-pyrrole nitrogens is 2. The molecule has 13 heteroatoms. The van der Waals surface area contributed by atoms with Gasteiger partial charge in [0.2, 0.25) is 10.9 Å². The third-order valence-electron chi connectivity index (χ3n) is 11.0. The first-order valence-electron chi connectivity index (χ1n) is 17.6. The second-order valence-corrected chi connectivity index (χ2v) is 15.7. The Labute approximate surface area is 284 Å². The van der Waals surface area contributed by atoms with Gasteiger partial charge < -0.3 is 24.6 Å². The molecule has 0 radical (unpaired) electrons. The number of nitrogens with zero attached hydrogens (tertiary/aromatic N) is 5. The summed E-state index contributed by atoms with van der Waals surface area (Å²) in [6.07, 6.45) is 7.51. The van der Waals surface area contributed by atoms with Crippen LogP contribution in [0.2, 0.25) is 0 Å². The molecule has 1 unspecified atom stereocenters. The van der Waals surface area contributed by atoms with E-state index in [9.17, 15) is 18.9 Å². The highest BCUT2D eigenvalue weighted by Gasteiger charge is 2.34. The molecule has 48 heavy (non-hydrogen) atoms. The average Bonchev–Trinajstić information content (AvgIpc) is 3.58. The van der Waals surface area contributed by atoms with Gasteiger partial charge in [0.25, 0.3) is 5.56 Å². The number of nitrogens with one attached hydrogen (secondary N) is 3. The van der Waals surface area contributed by atoms with E-state index < -0.39 is 17.2 Å². The molecule has 3 aromatic rings. The van der Waals surface area contributed by atoms with E-state index >= 15 is 0 Å². The number of hydrogen-bond acceptors (Lipinski definition) is 7. The van der Waals surface area contributed by atoms with Gasteiger partial charge in [-0.1, -0.05) is 6.07 Å². The number of aromatic nitrogens is 3. The average molecular weight is 677 g/mol. The van der Waals surface area contributed by atoms with Gasteiger partial charge >= 0.3 is 6.03 Å². The zero-order valence-electron chi connectivity index (χ0n) is 28.1. The molecule has 1 aromatic carbocycles. The van der Waals surface area contributed by atoms with Gasteiger partial charge in [0, 0.05) is 79.4 Å². The topological polar surface area (TPSA) is 144 Å². The van der Waals surface area contributed by atoms with Crippen molar-refractivity contribution in [3.8, 4) is 0 Å². The van der Waals surface area contributed by atoms with Crippen LogP contribution in [0.15, 0.2) is 34.2 Å². The molecule has 0 bridgehead atoms. The van der Waals surface area contributed by atoms with E-state index in [0.29, 0.717) is 62.3 Å². The smallest absolute Gasteiger partial charge is 0.318 e. The summed E-state index contributed by atoms with van der Waals surface area (Å²) in [5.41, 5.74) is 4.55. The number of aromatic amines is 2. The lowest BCUT2D eigenvalue weighted by atomic mass is 9.89. The van der Waals surface area contributed by atoms with Crippen molar-refractivity contribution in [1.82, 2.24) is 40.1 Å². The minimum Gasteiger partial charge on any atom is -0.610 e. The quantitative estimate of drug-likeness (QED) is 0.340. The first-order chi connectivity index (χ1) is 23.2. The van der Waals surface area contributed by atoms with Crippen LogP contribution in [-0.2, 0) is 28.8 Å². The number of piperazine rings is 1. The number of carbonyl (C=O) groups excluding carboxylic acids is 2. The van der Waals surface area contributed by atoms with E-state index in [1.165, 1.54) is 0 Å². The molecule has 4 aliphatic heterocycles. The highest BCUT2D eigenvalue weighted by molar-refractivity contribution is 7.91. The molecule has 12 nitrogen and oxygen atoms in total. The van der Waals surface area contributed by atoms with Crippen LogP contribution < -0.4 is 10.9 Å². The van der Waals surface area contributed by atoms with Gasteiger partial charge in [-0.05, 0) is 94.8 Å². The fourth-order valence-electron chi connectivity index (χ4n) is 8.15. The number of pyridine rings is 1. The summed E-state index contributed by atoms with van der Waals surface area (Å²) in [4.78, 5) is 52.4. The zero-order chi connectivity index (χ0) is 33.4. The molecule has 0 saturated carbocycles. The number of piperidine rings is 2. The van der Waals surface area contributed by atoms with Crippen molar-refractivity contribution in [3.63, 3.8) is 0 Å². The molecule has 2 aromatic heterocycles. The van der Waals surface area contributed by atoms with E-state index in [4.69, 9.17) is 0 Å². The molecule has 0 spiro atoms. The van der Waals surface area contributed by atoms with Crippen molar-refractivity contribution in [2.45, 2.75) is 74.9 Å². The second kappa shape index (κ2) is 14.2. The summed E-state index contributed by atoms with van der Waals surface area (Å²) in [5, 5.41) is 11.9. The maximum absolute atomic E-state index is 14.1. The molecule has 3 amide bonds. The van der Waals surface area contributed by atoms with Gasteiger partial charge in [-0.25, -0.2) is 4.79 Å². The fraction of sp³-hybridized carbons (Fsp3) is 0.600. The van der Waals surface area contributed by atoms with E-state index in [1.54, 1.807) is 11.1 Å². The van der Waals surface area contributed by atoms with Crippen LogP contribution in [0.3, 0.4) is 0 Å². The maximum atomic E-state index is 14.1. The molecule has 258 valence electrons. The van der Waals surface area contributed by atoms with Crippen molar-refractivity contribution in [3.05, 3.63) is 57.0 Å². The van der Waals surface area contributed by atoms with Crippen LogP contribution in [-0.4, -0.2) is 129 Å². The number of fused-ring (bicyclic) bond motifs is 2. The van der Waals surface area contributed by atoms with E-state index in [1.807, 2.05) is 24.0 Å². The van der Waals surface area contributed by atoms with Crippen molar-refractivity contribution < 1.29 is 14.1 Å². The van der Waals surface area contributed by atoms with Crippen LogP contribution in [0.25, 0.3) is 10.9 Å². The maximum Gasteiger partial charge on any atom is 0.318 e. The van der Waals surface area contributed by atoms with Gasteiger partial charge in [0.15, 0.2) is 0 Å². The lowest BCUT2D eigenvalue weighted by Crippen LogP contribution is -2.59. The van der Waals surface area contributed by atoms with Crippen LogP contribution >= 0.6 is 0 Å². The zero-order valence-corrected chi connectivity index (χ0v) is 28.9. The van der Waals surface area contributed by atoms with Crippen molar-refractivity contribution in [2.75, 3.05) is 65.2 Å². The highest BCUT2D eigenvalue weighted by atomic mass is 32.2.